The van der Waals surface area contributed by atoms with Gasteiger partial charge < -0.3 is 5.11 Å². The monoisotopic (exact) mass is 428 g/mol. The van der Waals surface area contributed by atoms with Crippen molar-refractivity contribution < 1.29 is 9.90 Å². The Morgan fingerprint density at radius 2 is 1.88 bits per heavy atom. The number of rotatable bonds is 4. The highest BCUT2D eigenvalue weighted by Crippen LogP contribution is 2.29. The predicted octanol–water partition coefficient (Wildman–Crippen LogP) is 2.84. The molecule has 1 aromatic carbocycles. The Morgan fingerprint density at radius 1 is 1.06 bits per heavy atom. The zero-order valence-corrected chi connectivity index (χ0v) is 17.8. The summed E-state index contributed by atoms with van der Waals surface area (Å²) in [6.07, 6.45) is 7.04. The first-order valence-corrected chi connectivity index (χ1v) is 10.0. The van der Waals surface area contributed by atoms with Crippen molar-refractivity contribution in [2.45, 2.75) is 20.4 Å². The van der Waals surface area contributed by atoms with E-state index in [1.807, 2.05) is 39.1 Å². The third-order valence-corrected chi connectivity index (χ3v) is 5.70. The number of para-hydroxylation sites is 1. The van der Waals surface area contributed by atoms with E-state index >= 15 is 0 Å². The Morgan fingerprint density at radius 3 is 2.62 bits per heavy atom. The molecule has 0 aliphatic carbocycles. The first kappa shape index (κ1) is 19.7. The molecular formula is C23H20N6O3. The van der Waals surface area contributed by atoms with Crippen molar-refractivity contribution >= 4 is 27.9 Å². The fourth-order valence-corrected chi connectivity index (χ4v) is 4.19. The summed E-state index contributed by atoms with van der Waals surface area (Å²) in [5.41, 5.74) is 5.08. The molecule has 160 valence electrons. The standard InChI is InChI=1S/C23H20N6O3/c1-13-5-4-6-18-21(13)29(23(32)28(18)12-20(30)31)22-14(2)7-15(8-25-22)16-9-24-11-19-17(16)10-26-27(19)3/h4-11H,12H2,1-3H3,(H,30,31). The lowest BCUT2D eigenvalue weighted by Crippen LogP contribution is -2.27. The SMILES string of the molecule is Cc1cc(-c2cncc3c2cnn3C)cnc1-n1c(=O)n(CC(=O)O)c2cccc(C)c21. The quantitative estimate of drug-likeness (QED) is 0.472. The van der Waals surface area contributed by atoms with Gasteiger partial charge in [0.25, 0.3) is 0 Å². The molecule has 0 radical (unpaired) electrons. The molecule has 0 amide bonds. The molecule has 0 aliphatic heterocycles. The number of hydrogen-bond donors (Lipinski definition) is 1. The normalized spacial score (nSPS) is 11.5. The molecule has 9 nitrogen and oxygen atoms in total. The molecule has 0 fully saturated rings. The Kier molecular flexibility index (Phi) is 4.40. The molecule has 0 saturated heterocycles. The Balaban J connectivity index is 1.73. The minimum absolute atomic E-state index is 0.419. The highest BCUT2D eigenvalue weighted by molar-refractivity contribution is 5.93. The molecule has 32 heavy (non-hydrogen) atoms. The Labute approximate surface area is 182 Å². The number of aliphatic carboxylic acids is 1. The van der Waals surface area contributed by atoms with Crippen molar-refractivity contribution in [3.8, 4) is 16.9 Å². The van der Waals surface area contributed by atoms with Crippen LogP contribution in [0.15, 0.2) is 53.8 Å². The van der Waals surface area contributed by atoms with Gasteiger partial charge in [-0.25, -0.2) is 14.3 Å². The van der Waals surface area contributed by atoms with Crippen LogP contribution in [0.2, 0.25) is 0 Å². The molecule has 0 unspecified atom stereocenters. The van der Waals surface area contributed by atoms with E-state index in [0.717, 1.165) is 33.2 Å². The zero-order chi connectivity index (χ0) is 22.6. The molecule has 0 atom stereocenters. The summed E-state index contributed by atoms with van der Waals surface area (Å²) in [6, 6.07) is 7.41. The van der Waals surface area contributed by atoms with Crippen molar-refractivity contribution in [2.24, 2.45) is 7.05 Å². The molecule has 5 rings (SSSR count). The second-order valence-electron chi connectivity index (χ2n) is 7.79. The van der Waals surface area contributed by atoms with E-state index < -0.39 is 18.2 Å². The third-order valence-electron chi connectivity index (χ3n) is 5.70. The molecule has 1 N–H and O–H groups in total. The number of carbonyl (C=O) groups is 1. The number of pyridine rings is 2. The summed E-state index contributed by atoms with van der Waals surface area (Å²) in [5, 5.41) is 14.6. The van der Waals surface area contributed by atoms with Crippen molar-refractivity contribution in [1.29, 1.82) is 0 Å². The lowest BCUT2D eigenvalue weighted by molar-refractivity contribution is -0.137. The summed E-state index contributed by atoms with van der Waals surface area (Å²) in [4.78, 5) is 33.6. The van der Waals surface area contributed by atoms with Gasteiger partial charge in [-0.05, 0) is 37.1 Å². The third kappa shape index (κ3) is 2.89. The number of aromatic nitrogens is 6. The van der Waals surface area contributed by atoms with Crippen LogP contribution in [0.1, 0.15) is 11.1 Å². The van der Waals surface area contributed by atoms with Crippen LogP contribution in [0.3, 0.4) is 0 Å². The molecule has 5 aromatic rings. The largest absolute Gasteiger partial charge is 0.480 e. The number of aryl methyl sites for hydroxylation is 3. The predicted molar refractivity (Wildman–Crippen MR) is 120 cm³/mol. The highest BCUT2D eigenvalue weighted by atomic mass is 16.4. The maximum atomic E-state index is 13.3. The Bertz CT molecular complexity index is 1590. The van der Waals surface area contributed by atoms with E-state index in [1.54, 1.807) is 35.5 Å². The van der Waals surface area contributed by atoms with Crippen molar-refractivity contribution in [1.82, 2.24) is 28.9 Å². The summed E-state index contributed by atoms with van der Waals surface area (Å²) >= 11 is 0. The number of benzene rings is 1. The number of hydrogen-bond acceptors (Lipinski definition) is 5. The van der Waals surface area contributed by atoms with Crippen LogP contribution in [-0.4, -0.2) is 40.0 Å². The van der Waals surface area contributed by atoms with Crippen molar-refractivity contribution in [3.05, 3.63) is 70.7 Å². The smallest absolute Gasteiger partial charge is 0.335 e. The van der Waals surface area contributed by atoms with Crippen LogP contribution in [0.5, 0.6) is 0 Å². The van der Waals surface area contributed by atoms with Crippen LogP contribution >= 0.6 is 0 Å². The number of carboxylic acids is 1. The molecule has 0 saturated carbocycles. The average molecular weight is 428 g/mol. The molecule has 0 spiro atoms. The summed E-state index contributed by atoms with van der Waals surface area (Å²) in [7, 11) is 1.86. The molecule has 9 heteroatoms. The van der Waals surface area contributed by atoms with Crippen LogP contribution in [-0.2, 0) is 18.4 Å². The number of carboxylic acid groups (broad SMARTS) is 1. The van der Waals surface area contributed by atoms with E-state index in [9.17, 15) is 14.7 Å². The van der Waals surface area contributed by atoms with Gasteiger partial charge in [-0.1, -0.05) is 12.1 Å². The first-order chi connectivity index (χ1) is 15.4. The highest BCUT2D eigenvalue weighted by Gasteiger charge is 2.20. The first-order valence-electron chi connectivity index (χ1n) is 10.0. The molecule has 4 aromatic heterocycles. The average Bonchev–Trinajstić information content (AvgIpc) is 3.27. The number of fused-ring (bicyclic) bond motifs is 2. The molecule has 4 heterocycles. The van der Waals surface area contributed by atoms with E-state index in [-0.39, 0.29) is 0 Å². The lowest BCUT2D eigenvalue weighted by atomic mass is 10.0. The fourth-order valence-electron chi connectivity index (χ4n) is 4.19. The minimum Gasteiger partial charge on any atom is -0.480 e. The van der Waals surface area contributed by atoms with Gasteiger partial charge in [-0.15, -0.1) is 0 Å². The van der Waals surface area contributed by atoms with Gasteiger partial charge in [-0.3, -0.25) is 19.0 Å². The Hall–Kier alpha value is -4.27. The van der Waals surface area contributed by atoms with Crippen LogP contribution in [0.25, 0.3) is 38.9 Å². The lowest BCUT2D eigenvalue weighted by Gasteiger charge is -2.10. The van der Waals surface area contributed by atoms with Crippen molar-refractivity contribution in [2.75, 3.05) is 0 Å². The zero-order valence-electron chi connectivity index (χ0n) is 17.8. The maximum Gasteiger partial charge on any atom is 0.335 e. The summed E-state index contributed by atoms with van der Waals surface area (Å²) < 4.78 is 4.52. The fraction of sp³-hybridized carbons (Fsp3) is 0.174. The summed E-state index contributed by atoms with van der Waals surface area (Å²) in [6.45, 7) is 3.35. The maximum absolute atomic E-state index is 13.3. The number of imidazole rings is 1. The van der Waals surface area contributed by atoms with Crippen molar-refractivity contribution in [3.63, 3.8) is 0 Å². The van der Waals surface area contributed by atoms with E-state index in [1.165, 1.54) is 9.13 Å². The molecule has 0 aliphatic rings. The van der Waals surface area contributed by atoms with Gasteiger partial charge in [0.05, 0.1) is 28.9 Å². The topological polar surface area (TPSA) is 108 Å². The van der Waals surface area contributed by atoms with Gasteiger partial charge in [0.1, 0.15) is 12.4 Å². The molecule has 0 bridgehead atoms. The van der Waals surface area contributed by atoms with Crippen LogP contribution < -0.4 is 5.69 Å². The van der Waals surface area contributed by atoms with Gasteiger partial charge >= 0.3 is 11.7 Å². The molecular weight excluding hydrogens is 408 g/mol. The van der Waals surface area contributed by atoms with Gasteiger partial charge in [0.2, 0.25) is 0 Å². The second kappa shape index (κ2) is 7.16. The van der Waals surface area contributed by atoms with Crippen LogP contribution in [0, 0.1) is 13.8 Å². The summed E-state index contributed by atoms with van der Waals surface area (Å²) in [5.74, 6) is -0.613. The second-order valence-corrected chi connectivity index (χ2v) is 7.79. The van der Waals surface area contributed by atoms with E-state index in [0.29, 0.717) is 16.9 Å². The van der Waals surface area contributed by atoms with E-state index in [4.69, 9.17) is 0 Å². The van der Waals surface area contributed by atoms with Gasteiger partial charge in [-0.2, -0.15) is 5.10 Å². The number of nitrogens with zero attached hydrogens (tertiary/aromatic N) is 6. The van der Waals surface area contributed by atoms with Crippen LogP contribution in [0.4, 0.5) is 0 Å². The van der Waals surface area contributed by atoms with Gasteiger partial charge in [0.15, 0.2) is 0 Å². The minimum atomic E-state index is -1.08. The van der Waals surface area contributed by atoms with E-state index in [2.05, 4.69) is 15.1 Å². The van der Waals surface area contributed by atoms with Gasteiger partial charge in [0, 0.05) is 36.0 Å².